The van der Waals surface area contributed by atoms with E-state index in [1.165, 1.54) is 0 Å². The van der Waals surface area contributed by atoms with Crippen LogP contribution in [0.15, 0.2) is 48.4 Å². The summed E-state index contributed by atoms with van der Waals surface area (Å²) in [6.07, 6.45) is 3.18. The summed E-state index contributed by atoms with van der Waals surface area (Å²) >= 11 is 0. The van der Waals surface area contributed by atoms with E-state index in [2.05, 4.69) is 22.8 Å². The van der Waals surface area contributed by atoms with Crippen molar-refractivity contribution in [2.75, 3.05) is 11.4 Å². The van der Waals surface area contributed by atoms with Gasteiger partial charge in [0.05, 0.1) is 5.56 Å². The Hall–Kier alpha value is -3.53. The highest BCUT2D eigenvalue weighted by Crippen LogP contribution is 2.55. The third kappa shape index (κ3) is 2.01. The lowest BCUT2D eigenvalue weighted by molar-refractivity contribution is -0.120. The minimum Gasteiger partial charge on any atom is -0.420 e. The Kier molecular flexibility index (Phi) is 3.77. The third-order valence-corrected chi connectivity index (χ3v) is 5.10. The Bertz CT molecular complexity index is 1030. The number of nitriles is 1. The average molecular weight is 361 g/mol. The van der Waals surface area contributed by atoms with Crippen LogP contribution in [-0.2, 0) is 16.6 Å². The van der Waals surface area contributed by atoms with Crippen LogP contribution in [-0.4, -0.2) is 22.6 Å². The highest BCUT2D eigenvalue weighted by Gasteiger charge is 2.60. The van der Waals surface area contributed by atoms with E-state index in [1.54, 1.807) is 11.0 Å². The van der Waals surface area contributed by atoms with Crippen molar-refractivity contribution in [3.63, 3.8) is 0 Å². The molecule has 1 aromatic heterocycles. The van der Waals surface area contributed by atoms with Gasteiger partial charge in [-0.1, -0.05) is 37.6 Å². The van der Waals surface area contributed by atoms with Crippen molar-refractivity contribution in [3.05, 3.63) is 65.2 Å². The van der Waals surface area contributed by atoms with Gasteiger partial charge in [0.1, 0.15) is 17.1 Å². The van der Waals surface area contributed by atoms with Crippen molar-refractivity contribution >= 4 is 11.6 Å². The van der Waals surface area contributed by atoms with Gasteiger partial charge in [0.2, 0.25) is 17.7 Å². The molecule has 3 heterocycles. The number of hydrogen-bond acceptors (Lipinski definition) is 5. The SMILES string of the molecule is C=CCN1C(=O)[C@@]2(C(C#N)=C(N)Oc3n[nH]c(CCC)c32)c2ccccc21. The first-order valence-electron chi connectivity index (χ1n) is 8.79. The summed E-state index contributed by atoms with van der Waals surface area (Å²) in [6, 6.07) is 9.58. The second-order valence-electron chi connectivity index (χ2n) is 6.56. The van der Waals surface area contributed by atoms with Gasteiger partial charge in [0.25, 0.3) is 0 Å². The first-order chi connectivity index (χ1) is 13.1. The molecule has 0 unspecified atom stereocenters. The Morgan fingerprint density at radius 1 is 1.48 bits per heavy atom. The molecule has 0 bridgehead atoms. The number of nitrogens with zero attached hydrogens (tertiary/aromatic N) is 3. The lowest BCUT2D eigenvalue weighted by atomic mass is 9.68. The summed E-state index contributed by atoms with van der Waals surface area (Å²) in [7, 11) is 0. The fraction of sp³-hybridized carbons (Fsp3) is 0.250. The minimum absolute atomic E-state index is 0.0943. The van der Waals surface area contributed by atoms with Crippen LogP contribution in [0.4, 0.5) is 5.69 Å². The molecule has 0 radical (unpaired) electrons. The van der Waals surface area contributed by atoms with Crippen LogP contribution < -0.4 is 15.4 Å². The maximum Gasteiger partial charge on any atom is 0.248 e. The van der Waals surface area contributed by atoms with E-state index in [9.17, 15) is 10.1 Å². The van der Waals surface area contributed by atoms with E-state index >= 15 is 0 Å². The summed E-state index contributed by atoms with van der Waals surface area (Å²) < 4.78 is 5.61. The van der Waals surface area contributed by atoms with Gasteiger partial charge < -0.3 is 15.4 Å². The van der Waals surface area contributed by atoms with Crippen LogP contribution >= 0.6 is 0 Å². The summed E-state index contributed by atoms with van der Waals surface area (Å²) in [6.45, 7) is 6.12. The summed E-state index contributed by atoms with van der Waals surface area (Å²) in [5.41, 5.74) is 7.61. The number of benzene rings is 1. The highest BCUT2D eigenvalue weighted by atomic mass is 16.5. The molecule has 1 amide bonds. The average Bonchev–Trinajstić information content (AvgIpc) is 3.16. The second-order valence-corrected chi connectivity index (χ2v) is 6.56. The number of aryl methyl sites for hydroxylation is 1. The number of hydrogen-bond donors (Lipinski definition) is 2. The topological polar surface area (TPSA) is 108 Å². The van der Waals surface area contributed by atoms with Crippen LogP contribution in [0.5, 0.6) is 5.88 Å². The molecule has 27 heavy (non-hydrogen) atoms. The number of carbonyl (C=O) groups excluding carboxylic acids is 1. The van der Waals surface area contributed by atoms with E-state index in [0.29, 0.717) is 24.1 Å². The Morgan fingerprint density at radius 3 is 2.96 bits per heavy atom. The molecule has 0 saturated carbocycles. The standard InChI is InChI=1S/C20H19N5O2/c1-3-7-14-16-18(24-23-14)27-17(22)13(11-21)20(16)12-8-5-6-9-15(12)25(10-4-2)19(20)26/h4-6,8-9H,2-3,7,10,22H2,1H3,(H,23,24)/t20-/m1/s1. The van der Waals surface area contributed by atoms with Crippen LogP contribution in [0, 0.1) is 11.3 Å². The number of nitrogens with two attached hydrogens (primary N) is 1. The van der Waals surface area contributed by atoms with Gasteiger partial charge in [-0.05, 0) is 12.5 Å². The molecular weight excluding hydrogens is 342 g/mol. The first-order valence-corrected chi connectivity index (χ1v) is 8.79. The fourth-order valence-electron chi connectivity index (χ4n) is 4.10. The van der Waals surface area contributed by atoms with Gasteiger partial charge in [-0.15, -0.1) is 11.7 Å². The molecule has 1 aromatic carbocycles. The number of H-pyrrole nitrogens is 1. The lowest BCUT2D eigenvalue weighted by Gasteiger charge is -2.32. The zero-order chi connectivity index (χ0) is 19.2. The number of rotatable bonds is 4. The Balaban J connectivity index is 2.12. The first kappa shape index (κ1) is 16.9. The predicted molar refractivity (Wildman–Crippen MR) is 99.8 cm³/mol. The number of carbonyl (C=O) groups is 1. The molecular formula is C20H19N5O2. The van der Waals surface area contributed by atoms with Gasteiger partial charge in [-0.3, -0.25) is 9.89 Å². The minimum atomic E-state index is -1.36. The zero-order valence-corrected chi connectivity index (χ0v) is 15.0. The maximum atomic E-state index is 13.8. The normalized spacial score (nSPS) is 20.3. The molecule has 0 fully saturated rings. The van der Waals surface area contributed by atoms with E-state index in [-0.39, 0.29) is 23.2 Å². The van der Waals surface area contributed by atoms with E-state index in [4.69, 9.17) is 10.5 Å². The monoisotopic (exact) mass is 361 g/mol. The van der Waals surface area contributed by atoms with Gasteiger partial charge in [0.15, 0.2) is 0 Å². The zero-order valence-electron chi connectivity index (χ0n) is 15.0. The molecule has 0 saturated heterocycles. The number of anilines is 1. The highest BCUT2D eigenvalue weighted by molar-refractivity contribution is 6.14. The van der Waals surface area contributed by atoms with Crippen molar-refractivity contribution in [2.24, 2.45) is 5.73 Å². The molecule has 4 rings (SSSR count). The molecule has 7 nitrogen and oxygen atoms in total. The molecule has 1 spiro atoms. The van der Waals surface area contributed by atoms with Crippen molar-refractivity contribution in [1.82, 2.24) is 10.2 Å². The second kappa shape index (κ2) is 6.02. The largest absolute Gasteiger partial charge is 0.420 e. The summed E-state index contributed by atoms with van der Waals surface area (Å²) in [5, 5.41) is 17.1. The van der Waals surface area contributed by atoms with E-state index in [0.717, 1.165) is 17.8 Å². The summed E-state index contributed by atoms with van der Waals surface area (Å²) in [4.78, 5) is 15.4. The number of aromatic nitrogens is 2. The van der Waals surface area contributed by atoms with Gasteiger partial charge >= 0.3 is 0 Å². The predicted octanol–water partition coefficient (Wildman–Crippen LogP) is 2.27. The van der Waals surface area contributed by atoms with Crippen molar-refractivity contribution in [3.8, 4) is 11.9 Å². The molecule has 3 N–H and O–H groups in total. The maximum absolute atomic E-state index is 13.8. The van der Waals surface area contributed by atoms with Crippen molar-refractivity contribution in [1.29, 1.82) is 5.26 Å². The van der Waals surface area contributed by atoms with Crippen LogP contribution in [0.2, 0.25) is 0 Å². The number of aromatic amines is 1. The Labute approximate surface area is 156 Å². The van der Waals surface area contributed by atoms with E-state index in [1.807, 2.05) is 31.2 Å². The fourth-order valence-corrected chi connectivity index (χ4v) is 4.10. The summed E-state index contributed by atoms with van der Waals surface area (Å²) in [5.74, 6) is -0.0897. The molecule has 136 valence electrons. The van der Waals surface area contributed by atoms with Crippen molar-refractivity contribution < 1.29 is 9.53 Å². The lowest BCUT2D eigenvalue weighted by Crippen LogP contribution is -2.46. The number of nitrogens with one attached hydrogen (secondary N) is 1. The third-order valence-electron chi connectivity index (χ3n) is 5.10. The quantitative estimate of drug-likeness (QED) is 0.812. The van der Waals surface area contributed by atoms with Gasteiger partial charge in [0, 0.05) is 23.5 Å². The van der Waals surface area contributed by atoms with E-state index < -0.39 is 5.41 Å². The number of amides is 1. The van der Waals surface area contributed by atoms with Gasteiger partial charge in [-0.25, -0.2) is 0 Å². The van der Waals surface area contributed by atoms with Crippen molar-refractivity contribution in [2.45, 2.75) is 25.2 Å². The molecule has 1 atom stereocenters. The van der Waals surface area contributed by atoms with Gasteiger partial charge in [-0.2, -0.15) is 5.26 Å². The molecule has 2 aliphatic heterocycles. The van der Waals surface area contributed by atoms with Crippen LogP contribution in [0.3, 0.4) is 0 Å². The smallest absolute Gasteiger partial charge is 0.248 e. The number of para-hydroxylation sites is 1. The molecule has 7 heteroatoms. The number of ether oxygens (including phenoxy) is 1. The Morgan fingerprint density at radius 2 is 2.26 bits per heavy atom. The number of fused-ring (bicyclic) bond motifs is 4. The molecule has 2 aliphatic rings. The molecule has 0 aliphatic carbocycles. The van der Waals surface area contributed by atoms with Crippen LogP contribution in [0.25, 0.3) is 0 Å². The van der Waals surface area contributed by atoms with Crippen LogP contribution in [0.1, 0.15) is 30.2 Å². The molecule has 2 aromatic rings.